The van der Waals surface area contributed by atoms with E-state index in [9.17, 15) is 9.59 Å². The van der Waals surface area contributed by atoms with Crippen molar-refractivity contribution in [3.05, 3.63) is 46.9 Å². The molecule has 0 radical (unpaired) electrons. The Morgan fingerprint density at radius 1 is 1.36 bits per heavy atom. The molecule has 0 aliphatic carbocycles. The van der Waals surface area contributed by atoms with Crippen LogP contribution in [0.3, 0.4) is 0 Å². The number of ether oxygens (including phenoxy) is 1. The number of hydrogen-bond donors (Lipinski definition) is 1. The van der Waals surface area contributed by atoms with E-state index in [0.717, 1.165) is 12.0 Å². The van der Waals surface area contributed by atoms with Crippen LogP contribution in [0.25, 0.3) is 0 Å². The summed E-state index contributed by atoms with van der Waals surface area (Å²) in [6, 6.07) is 6.50. The van der Waals surface area contributed by atoms with Crippen LogP contribution >= 0.6 is 11.6 Å². The van der Waals surface area contributed by atoms with Gasteiger partial charge in [-0.2, -0.15) is 0 Å². The lowest BCUT2D eigenvalue weighted by Gasteiger charge is -2.24. The van der Waals surface area contributed by atoms with Crippen LogP contribution in [0.4, 0.5) is 5.69 Å². The number of nitrogens with one attached hydrogen (secondary N) is 1. The van der Waals surface area contributed by atoms with Crippen molar-refractivity contribution < 1.29 is 18.7 Å². The summed E-state index contributed by atoms with van der Waals surface area (Å²) in [6.07, 6.45) is 2.71. The Morgan fingerprint density at radius 2 is 2.16 bits per heavy atom. The normalized spacial score (nSPS) is 16.8. The molecule has 132 valence electrons. The van der Waals surface area contributed by atoms with Crippen LogP contribution in [0, 0.1) is 6.92 Å². The minimum absolute atomic E-state index is 0.0383. The number of hydrogen-bond acceptors (Lipinski definition) is 4. The largest absolute Gasteiger partial charge is 0.495 e. The van der Waals surface area contributed by atoms with Gasteiger partial charge in [0.1, 0.15) is 11.8 Å². The number of furan rings is 1. The second-order valence-corrected chi connectivity index (χ2v) is 6.30. The van der Waals surface area contributed by atoms with Crippen LogP contribution in [0.1, 0.15) is 28.8 Å². The van der Waals surface area contributed by atoms with Gasteiger partial charge in [0.25, 0.3) is 5.91 Å². The van der Waals surface area contributed by atoms with Crippen LogP contribution in [0.2, 0.25) is 5.22 Å². The standard InChI is InChI=1S/C18H19ClN2O4/c1-11-5-6-15(24-2)13(10-11)20-17(22)14-4-3-8-21(14)18(23)12-7-9-25-16(12)19/h5-7,9-10,14H,3-4,8H2,1-2H3,(H,20,22). The Bertz CT molecular complexity index is 802. The van der Waals surface area contributed by atoms with Crippen LogP contribution in [-0.2, 0) is 4.79 Å². The van der Waals surface area contributed by atoms with E-state index in [1.54, 1.807) is 13.2 Å². The number of likely N-dealkylation sites (tertiary alicyclic amines) is 1. The Labute approximate surface area is 150 Å². The molecule has 1 atom stereocenters. The summed E-state index contributed by atoms with van der Waals surface area (Å²) in [5, 5.41) is 2.91. The molecule has 1 aromatic carbocycles. The molecule has 0 bridgehead atoms. The van der Waals surface area contributed by atoms with Crippen molar-refractivity contribution in [1.82, 2.24) is 4.90 Å². The number of anilines is 1. The molecule has 1 N–H and O–H groups in total. The fourth-order valence-electron chi connectivity index (χ4n) is 3.02. The fraction of sp³-hybridized carbons (Fsp3) is 0.333. The van der Waals surface area contributed by atoms with E-state index in [1.165, 1.54) is 17.2 Å². The third kappa shape index (κ3) is 3.49. The summed E-state index contributed by atoms with van der Waals surface area (Å²) < 4.78 is 10.3. The highest BCUT2D eigenvalue weighted by Crippen LogP contribution is 2.28. The summed E-state index contributed by atoms with van der Waals surface area (Å²) in [7, 11) is 1.55. The molecule has 1 aliphatic rings. The quantitative estimate of drug-likeness (QED) is 0.903. The molecule has 1 fully saturated rings. The predicted molar refractivity (Wildman–Crippen MR) is 94.1 cm³/mol. The smallest absolute Gasteiger partial charge is 0.259 e. The summed E-state index contributed by atoms with van der Waals surface area (Å²) >= 11 is 5.90. The van der Waals surface area contributed by atoms with Crippen LogP contribution in [0.15, 0.2) is 34.9 Å². The number of carbonyl (C=O) groups excluding carboxylic acids is 2. The fourth-order valence-corrected chi connectivity index (χ4v) is 3.21. The van der Waals surface area contributed by atoms with Crippen molar-refractivity contribution in [2.75, 3.05) is 19.0 Å². The lowest BCUT2D eigenvalue weighted by molar-refractivity contribution is -0.119. The first-order valence-corrected chi connectivity index (χ1v) is 8.38. The summed E-state index contributed by atoms with van der Waals surface area (Å²) in [4.78, 5) is 26.9. The first-order chi connectivity index (χ1) is 12.0. The zero-order chi connectivity index (χ0) is 18.0. The van der Waals surface area contributed by atoms with E-state index in [2.05, 4.69) is 5.32 Å². The van der Waals surface area contributed by atoms with Gasteiger partial charge in [-0.3, -0.25) is 9.59 Å². The number of methoxy groups -OCH3 is 1. The van der Waals surface area contributed by atoms with Crippen LogP contribution in [-0.4, -0.2) is 36.4 Å². The number of halogens is 1. The maximum atomic E-state index is 12.7. The number of benzene rings is 1. The van der Waals surface area contributed by atoms with E-state index in [1.807, 2.05) is 19.1 Å². The topological polar surface area (TPSA) is 71.8 Å². The Balaban J connectivity index is 1.79. The van der Waals surface area contributed by atoms with Crippen molar-refractivity contribution in [2.45, 2.75) is 25.8 Å². The van der Waals surface area contributed by atoms with E-state index in [-0.39, 0.29) is 22.6 Å². The molecule has 25 heavy (non-hydrogen) atoms. The second-order valence-electron chi connectivity index (χ2n) is 5.96. The molecule has 3 rings (SSSR count). The third-order valence-corrected chi connectivity index (χ3v) is 4.57. The van der Waals surface area contributed by atoms with Gasteiger partial charge in [-0.25, -0.2) is 0 Å². The highest BCUT2D eigenvalue weighted by molar-refractivity contribution is 6.32. The second kappa shape index (κ2) is 7.19. The minimum Gasteiger partial charge on any atom is -0.495 e. The van der Waals surface area contributed by atoms with Crippen molar-refractivity contribution in [1.29, 1.82) is 0 Å². The average molecular weight is 363 g/mol. The molecular weight excluding hydrogens is 344 g/mol. The number of nitrogens with zero attached hydrogens (tertiary/aromatic N) is 1. The first-order valence-electron chi connectivity index (χ1n) is 8.00. The highest BCUT2D eigenvalue weighted by Gasteiger charge is 2.36. The molecule has 6 nitrogen and oxygen atoms in total. The molecule has 1 aliphatic heterocycles. The molecule has 7 heteroatoms. The summed E-state index contributed by atoms with van der Waals surface area (Å²) in [5.41, 5.74) is 1.86. The minimum atomic E-state index is -0.552. The number of rotatable bonds is 4. The molecule has 0 spiro atoms. The van der Waals surface area contributed by atoms with Gasteiger partial charge in [0.2, 0.25) is 11.1 Å². The van der Waals surface area contributed by atoms with Gasteiger partial charge < -0.3 is 19.4 Å². The average Bonchev–Trinajstić information content (AvgIpc) is 3.23. The molecule has 2 heterocycles. The van der Waals surface area contributed by atoms with Gasteiger partial charge in [0.05, 0.1) is 24.6 Å². The van der Waals surface area contributed by atoms with E-state index in [4.69, 9.17) is 20.8 Å². The Kier molecular flexibility index (Phi) is 4.99. The summed E-state index contributed by atoms with van der Waals surface area (Å²) in [6.45, 7) is 2.44. The van der Waals surface area contributed by atoms with Gasteiger partial charge in [-0.05, 0) is 55.1 Å². The predicted octanol–water partition coefficient (Wildman–Crippen LogP) is 3.49. The summed E-state index contributed by atoms with van der Waals surface area (Å²) in [5.74, 6) is 0.0367. The molecule has 0 saturated carbocycles. The SMILES string of the molecule is COc1ccc(C)cc1NC(=O)C1CCCN1C(=O)c1ccoc1Cl. The van der Waals surface area contributed by atoms with Gasteiger partial charge in [0.15, 0.2) is 0 Å². The Morgan fingerprint density at radius 3 is 2.84 bits per heavy atom. The first kappa shape index (κ1) is 17.4. The monoisotopic (exact) mass is 362 g/mol. The lowest BCUT2D eigenvalue weighted by atomic mass is 10.1. The zero-order valence-electron chi connectivity index (χ0n) is 14.0. The number of amides is 2. The number of aryl methyl sites for hydroxylation is 1. The van der Waals surface area contributed by atoms with Crippen molar-refractivity contribution in [2.24, 2.45) is 0 Å². The lowest BCUT2D eigenvalue weighted by Crippen LogP contribution is -2.43. The van der Waals surface area contributed by atoms with Gasteiger partial charge >= 0.3 is 0 Å². The van der Waals surface area contributed by atoms with Gasteiger partial charge in [-0.15, -0.1) is 0 Å². The van der Waals surface area contributed by atoms with Crippen molar-refractivity contribution in [3.63, 3.8) is 0 Å². The highest BCUT2D eigenvalue weighted by atomic mass is 35.5. The molecular formula is C18H19ClN2O4. The van der Waals surface area contributed by atoms with Gasteiger partial charge in [-0.1, -0.05) is 6.07 Å². The number of carbonyl (C=O) groups is 2. The molecule has 1 aromatic heterocycles. The van der Waals surface area contributed by atoms with Crippen molar-refractivity contribution >= 4 is 29.1 Å². The maximum Gasteiger partial charge on any atom is 0.259 e. The van der Waals surface area contributed by atoms with Crippen molar-refractivity contribution in [3.8, 4) is 5.75 Å². The third-order valence-electron chi connectivity index (χ3n) is 4.28. The molecule has 1 unspecified atom stereocenters. The van der Waals surface area contributed by atoms with E-state index >= 15 is 0 Å². The van der Waals surface area contributed by atoms with Crippen LogP contribution < -0.4 is 10.1 Å². The van der Waals surface area contributed by atoms with E-state index in [0.29, 0.717) is 24.4 Å². The maximum absolute atomic E-state index is 12.7. The Hall–Kier alpha value is -2.47. The van der Waals surface area contributed by atoms with Crippen LogP contribution in [0.5, 0.6) is 5.75 Å². The van der Waals surface area contributed by atoms with E-state index < -0.39 is 6.04 Å². The molecule has 2 amide bonds. The zero-order valence-corrected chi connectivity index (χ0v) is 14.8. The molecule has 2 aromatic rings. The molecule has 1 saturated heterocycles. The van der Waals surface area contributed by atoms with Gasteiger partial charge in [0, 0.05) is 6.54 Å².